The summed E-state index contributed by atoms with van der Waals surface area (Å²) in [6.07, 6.45) is 7.43. The lowest BCUT2D eigenvalue weighted by Crippen LogP contribution is -2.23. The molecule has 0 radical (unpaired) electrons. The highest BCUT2D eigenvalue weighted by atomic mass is 35.5. The highest BCUT2D eigenvalue weighted by Crippen LogP contribution is 2.54. The summed E-state index contributed by atoms with van der Waals surface area (Å²) in [5, 5.41) is 7.33. The van der Waals surface area contributed by atoms with E-state index in [4.69, 9.17) is 60.6 Å². The molecule has 0 amide bonds. The van der Waals surface area contributed by atoms with E-state index in [-0.39, 0.29) is 31.2 Å². The number of nitrogens with one attached hydrogen (secondary N) is 2. The molecule has 0 fully saturated rings. The number of carbonyl (C=O) groups excluding carboxylic acids is 1. The molecule has 0 unspecified atom stereocenters. The number of halogens is 4. The molecule has 0 aromatic heterocycles. The Morgan fingerprint density at radius 3 is 1.45 bits per heavy atom. The Balaban J connectivity index is 1.80. The van der Waals surface area contributed by atoms with E-state index in [0.717, 1.165) is 83.5 Å². The van der Waals surface area contributed by atoms with E-state index in [2.05, 4.69) is 74.7 Å². The molecule has 0 saturated heterocycles. The van der Waals surface area contributed by atoms with Gasteiger partial charge in [0.2, 0.25) is 0 Å². The Kier molecular flexibility index (Phi) is 14.1. The first-order valence-electron chi connectivity index (χ1n) is 19.6. The third kappa shape index (κ3) is 8.72. The Bertz CT molecular complexity index is 2230. The number of rotatable bonds is 16. The zero-order chi connectivity index (χ0) is 41.6. The number of anilines is 2. The van der Waals surface area contributed by atoms with E-state index >= 15 is 0 Å². The number of aryl methyl sites for hydroxylation is 2. The molecule has 5 aromatic rings. The molecule has 302 valence electrons. The molecular weight excluding hydrogens is 810 g/mol. The maximum absolute atomic E-state index is 14.4. The third-order valence-corrected chi connectivity index (χ3v) is 12.1. The fourth-order valence-electron chi connectivity index (χ4n) is 7.20. The first-order valence-corrected chi connectivity index (χ1v) is 21.1. The molecule has 1 aliphatic heterocycles. The van der Waals surface area contributed by atoms with Crippen LogP contribution in [0, 0.1) is 0 Å². The van der Waals surface area contributed by atoms with Crippen LogP contribution in [0.25, 0.3) is 11.1 Å². The van der Waals surface area contributed by atoms with Crippen molar-refractivity contribution in [3.8, 4) is 11.5 Å². The van der Waals surface area contributed by atoms with Gasteiger partial charge in [0.1, 0.15) is 11.5 Å². The average molecular weight is 859 g/mol. The van der Waals surface area contributed by atoms with E-state index in [1.54, 1.807) is 14.2 Å². The fraction of sp³-hybridized carbons (Fsp3) is 0.271. The Labute approximate surface area is 362 Å². The molecule has 0 aliphatic carbocycles. The molecule has 10 heteroatoms. The monoisotopic (exact) mass is 856 g/mol. The van der Waals surface area contributed by atoms with Crippen molar-refractivity contribution in [3.63, 3.8) is 0 Å². The molecule has 0 spiro atoms. The molecule has 6 nitrogen and oxygen atoms in total. The van der Waals surface area contributed by atoms with Gasteiger partial charge in [-0.2, -0.15) is 0 Å². The summed E-state index contributed by atoms with van der Waals surface area (Å²) in [6.45, 7) is 10.0. The van der Waals surface area contributed by atoms with E-state index < -0.39 is 11.6 Å². The van der Waals surface area contributed by atoms with Crippen LogP contribution in [0.4, 0.5) is 11.4 Å². The van der Waals surface area contributed by atoms with Crippen molar-refractivity contribution in [2.75, 3.05) is 37.9 Å². The maximum atomic E-state index is 14.4. The second kappa shape index (κ2) is 19.0. The number of carbonyl (C=O) groups is 1. The highest BCUT2D eigenvalue weighted by Gasteiger charge is 2.48. The molecule has 6 rings (SSSR count). The van der Waals surface area contributed by atoms with Gasteiger partial charge in [-0.15, -0.1) is 0 Å². The number of cyclic esters (lactones) is 1. The second-order valence-electron chi connectivity index (χ2n) is 14.1. The standard InChI is InChI=1S/C48H48Cl4N2O4/c1-7-23-53-39-25-29(9-3)11-21-35(39)37(31-13-17-33(56-5)18-14-31)27-48(42-41(47(55)58-48)43(49)45(51)46(52)44(42)50)28-38(32-15-19-34(57-6)20-16-32)36-22-12-30(10-4)26-40(36)54-24-8-2/h11-22,25-28,53-54H,7-10,23-24H2,1-6H3. The van der Waals surface area contributed by atoms with Crippen LogP contribution in [-0.4, -0.2) is 33.3 Å². The number of hydrogen-bond donors (Lipinski definition) is 2. The van der Waals surface area contributed by atoms with Gasteiger partial charge in [0.05, 0.1) is 39.9 Å². The lowest BCUT2D eigenvalue weighted by molar-refractivity contribution is 0.0300. The first kappa shape index (κ1) is 43.0. The van der Waals surface area contributed by atoms with Crippen LogP contribution in [0.15, 0.2) is 97.1 Å². The minimum absolute atomic E-state index is 0.0174. The molecule has 58 heavy (non-hydrogen) atoms. The van der Waals surface area contributed by atoms with Crippen molar-refractivity contribution in [1.82, 2.24) is 0 Å². The predicted molar refractivity (Wildman–Crippen MR) is 243 cm³/mol. The van der Waals surface area contributed by atoms with Gasteiger partial charge in [-0.3, -0.25) is 0 Å². The fourth-order valence-corrected chi connectivity index (χ4v) is 8.28. The quantitative estimate of drug-likeness (QED) is 0.0585. The smallest absolute Gasteiger partial charge is 0.341 e. The van der Waals surface area contributed by atoms with E-state index in [9.17, 15) is 4.79 Å². The van der Waals surface area contributed by atoms with Crippen molar-refractivity contribution in [3.05, 3.63) is 162 Å². The number of benzene rings is 5. The number of esters is 1. The van der Waals surface area contributed by atoms with Crippen molar-refractivity contribution < 1.29 is 19.0 Å². The minimum Gasteiger partial charge on any atom is -0.497 e. The summed E-state index contributed by atoms with van der Waals surface area (Å²) < 4.78 is 17.8. The van der Waals surface area contributed by atoms with Gasteiger partial charge in [0.15, 0.2) is 5.60 Å². The maximum Gasteiger partial charge on any atom is 0.341 e. The topological polar surface area (TPSA) is 68.8 Å². The number of ether oxygens (including phenoxy) is 3. The average Bonchev–Trinajstić information content (AvgIpc) is 3.55. The lowest BCUT2D eigenvalue weighted by Gasteiger charge is -2.28. The lowest BCUT2D eigenvalue weighted by atomic mass is 9.82. The van der Waals surface area contributed by atoms with Crippen LogP contribution >= 0.6 is 46.4 Å². The van der Waals surface area contributed by atoms with Crippen LogP contribution in [0.2, 0.25) is 20.1 Å². The van der Waals surface area contributed by atoms with Gasteiger partial charge in [-0.25, -0.2) is 4.79 Å². The van der Waals surface area contributed by atoms with Crippen molar-refractivity contribution in [2.45, 2.75) is 59.0 Å². The molecule has 1 heterocycles. The first-order chi connectivity index (χ1) is 28.0. The Morgan fingerprint density at radius 1 is 0.621 bits per heavy atom. The summed E-state index contributed by atoms with van der Waals surface area (Å²) >= 11 is 27.7. The summed E-state index contributed by atoms with van der Waals surface area (Å²) in [4.78, 5) is 14.4. The molecular formula is C48H48Cl4N2O4. The summed E-state index contributed by atoms with van der Waals surface area (Å²) in [5.41, 5.74) is 7.85. The van der Waals surface area contributed by atoms with Gasteiger partial charge in [-0.1, -0.05) is 123 Å². The van der Waals surface area contributed by atoms with Gasteiger partial charge >= 0.3 is 5.97 Å². The summed E-state index contributed by atoms with van der Waals surface area (Å²) in [5.74, 6) is 0.704. The van der Waals surface area contributed by atoms with Crippen molar-refractivity contribution >= 4 is 74.9 Å². The zero-order valence-corrected chi connectivity index (χ0v) is 36.6. The normalized spacial score (nSPS) is 15.2. The number of hydrogen-bond acceptors (Lipinski definition) is 6. The SMILES string of the molecule is CCCNc1cc(CC)ccc1C(=CC1(C=C(c2ccc(OC)cc2)c2ccc(CC)cc2NCCC)OC(=O)c2c(Cl)c(Cl)c(Cl)c(Cl)c21)c1ccc(OC)cc1. The second-order valence-corrected chi connectivity index (χ2v) is 15.6. The van der Waals surface area contributed by atoms with Crippen molar-refractivity contribution in [1.29, 1.82) is 0 Å². The summed E-state index contributed by atoms with van der Waals surface area (Å²) in [7, 11) is 3.27. The summed E-state index contributed by atoms with van der Waals surface area (Å²) in [6, 6.07) is 28.4. The Morgan fingerprint density at radius 2 is 1.05 bits per heavy atom. The molecule has 1 aliphatic rings. The molecule has 0 bridgehead atoms. The van der Waals surface area contributed by atoms with Crippen LogP contribution < -0.4 is 20.1 Å². The van der Waals surface area contributed by atoms with Gasteiger partial charge in [0.25, 0.3) is 0 Å². The molecule has 2 N–H and O–H groups in total. The number of methoxy groups -OCH3 is 2. The molecule has 5 aromatic carbocycles. The third-order valence-electron chi connectivity index (χ3n) is 10.3. The zero-order valence-electron chi connectivity index (χ0n) is 33.6. The van der Waals surface area contributed by atoms with Gasteiger partial charge < -0.3 is 24.8 Å². The Hall–Kier alpha value is -4.59. The highest BCUT2D eigenvalue weighted by molar-refractivity contribution is 6.53. The van der Waals surface area contributed by atoms with Crippen LogP contribution in [0.5, 0.6) is 11.5 Å². The molecule has 0 atom stereocenters. The number of fused-ring (bicyclic) bond motifs is 1. The van der Waals surface area contributed by atoms with E-state index in [1.165, 1.54) is 11.1 Å². The van der Waals surface area contributed by atoms with Crippen LogP contribution in [-0.2, 0) is 23.2 Å². The predicted octanol–water partition coefficient (Wildman–Crippen LogP) is 13.7. The van der Waals surface area contributed by atoms with Gasteiger partial charge in [-0.05, 0) is 108 Å². The van der Waals surface area contributed by atoms with Crippen molar-refractivity contribution in [2.24, 2.45) is 0 Å². The van der Waals surface area contributed by atoms with Gasteiger partial charge in [0, 0.05) is 41.2 Å². The minimum atomic E-state index is -1.68. The van der Waals surface area contributed by atoms with E-state index in [1.807, 2.05) is 60.7 Å². The molecule has 0 saturated carbocycles. The van der Waals surface area contributed by atoms with E-state index in [0.29, 0.717) is 11.5 Å². The largest absolute Gasteiger partial charge is 0.497 e. The van der Waals surface area contributed by atoms with Crippen LogP contribution in [0.3, 0.4) is 0 Å². The van der Waals surface area contributed by atoms with Crippen LogP contribution in [0.1, 0.15) is 89.8 Å².